The summed E-state index contributed by atoms with van der Waals surface area (Å²) in [6.07, 6.45) is 0. The maximum Gasteiger partial charge on any atom is 0.362 e. The van der Waals surface area contributed by atoms with Crippen molar-refractivity contribution >= 4 is 16.9 Å². The highest BCUT2D eigenvalue weighted by Crippen LogP contribution is 2.20. The van der Waals surface area contributed by atoms with Crippen LogP contribution in [0.15, 0.2) is 10.9 Å². The van der Waals surface area contributed by atoms with Crippen LogP contribution >= 0.6 is 0 Å². The van der Waals surface area contributed by atoms with Crippen molar-refractivity contribution < 1.29 is 22.7 Å². The van der Waals surface area contributed by atoms with Crippen LogP contribution in [-0.4, -0.2) is 22.4 Å². The largest absolute Gasteiger partial charge is 0.461 e. The van der Waals surface area contributed by atoms with Crippen LogP contribution < -0.4 is 5.43 Å². The molecule has 1 heterocycles. The van der Waals surface area contributed by atoms with Crippen LogP contribution in [0.1, 0.15) is 24.3 Å². The molecule has 0 unspecified atom stereocenters. The Balaban J connectivity index is 2.90. The van der Waals surface area contributed by atoms with E-state index < -0.39 is 45.4 Å². The van der Waals surface area contributed by atoms with E-state index in [4.69, 9.17) is 0 Å². The first-order valence-corrected chi connectivity index (χ1v) is 6.17. The molecule has 1 aromatic carbocycles. The van der Waals surface area contributed by atoms with Gasteiger partial charge in [-0.25, -0.2) is 18.0 Å². The highest BCUT2D eigenvalue weighted by molar-refractivity contribution is 5.91. The van der Waals surface area contributed by atoms with E-state index in [1.165, 1.54) is 6.92 Å². The Morgan fingerprint density at radius 2 is 1.95 bits per heavy atom. The van der Waals surface area contributed by atoms with Gasteiger partial charge >= 0.3 is 5.97 Å². The molecule has 0 N–H and O–H groups in total. The Hall–Kier alpha value is -2.38. The number of hydrogen-bond donors (Lipinski definition) is 0. The molecule has 0 spiro atoms. The highest BCUT2D eigenvalue weighted by Gasteiger charge is 2.23. The van der Waals surface area contributed by atoms with E-state index in [1.54, 1.807) is 6.92 Å². The minimum Gasteiger partial charge on any atom is -0.461 e. The van der Waals surface area contributed by atoms with Gasteiger partial charge in [-0.05, 0) is 19.9 Å². The summed E-state index contributed by atoms with van der Waals surface area (Å²) in [4.78, 5) is 23.8. The minimum absolute atomic E-state index is 0.0102. The number of hydrogen-bond acceptors (Lipinski definition) is 4. The fraction of sp³-hybridized carbons (Fsp3) is 0.308. The predicted octanol–water partition coefficient (Wildman–Crippen LogP) is 2.01. The van der Waals surface area contributed by atoms with Crippen molar-refractivity contribution in [1.29, 1.82) is 0 Å². The van der Waals surface area contributed by atoms with Crippen LogP contribution in [0, 0.1) is 17.5 Å². The summed E-state index contributed by atoms with van der Waals surface area (Å²) in [5.74, 6) is -5.74. The van der Waals surface area contributed by atoms with Crippen molar-refractivity contribution in [2.24, 2.45) is 0 Å². The number of ether oxygens (including phenoxy) is 1. The minimum atomic E-state index is -1.70. The lowest BCUT2D eigenvalue weighted by Gasteiger charge is -2.11. The summed E-state index contributed by atoms with van der Waals surface area (Å²) in [6.45, 7) is 3.14. The molecule has 0 aliphatic rings. The maximum absolute atomic E-state index is 13.8. The topological polar surface area (TPSA) is 61.2 Å². The van der Waals surface area contributed by atoms with Crippen molar-refractivity contribution in [3.63, 3.8) is 0 Å². The molecule has 2 aromatic rings. The standard InChI is InChI=1S/C13H11F3N2O3/c1-3-18-11-6(5-7(14)8(15)9(11)16)12(19)10(17-18)13(20)21-4-2/h5H,3-4H2,1-2H3. The summed E-state index contributed by atoms with van der Waals surface area (Å²) < 4.78 is 46.0. The lowest BCUT2D eigenvalue weighted by Crippen LogP contribution is -2.25. The first-order chi connectivity index (χ1) is 9.92. The van der Waals surface area contributed by atoms with Gasteiger partial charge in [0.15, 0.2) is 17.5 Å². The van der Waals surface area contributed by atoms with Gasteiger partial charge < -0.3 is 4.74 Å². The number of rotatable bonds is 3. The molecule has 0 saturated heterocycles. The Bertz CT molecular complexity index is 787. The normalized spacial score (nSPS) is 10.9. The number of aryl methyl sites for hydroxylation is 1. The lowest BCUT2D eigenvalue weighted by atomic mass is 10.1. The first kappa shape index (κ1) is 15.0. The van der Waals surface area contributed by atoms with Crippen molar-refractivity contribution in [3.05, 3.63) is 39.4 Å². The average Bonchev–Trinajstić information content (AvgIpc) is 2.46. The molecule has 0 bridgehead atoms. The van der Waals surface area contributed by atoms with Crippen LogP contribution in [0.3, 0.4) is 0 Å². The Morgan fingerprint density at radius 1 is 1.29 bits per heavy atom. The average molecular weight is 300 g/mol. The third kappa shape index (κ3) is 2.37. The van der Waals surface area contributed by atoms with Crippen LogP contribution in [-0.2, 0) is 11.3 Å². The van der Waals surface area contributed by atoms with Gasteiger partial charge in [0.05, 0.1) is 12.0 Å². The molecule has 0 fully saturated rings. The van der Waals surface area contributed by atoms with Crippen LogP contribution in [0.2, 0.25) is 0 Å². The van der Waals surface area contributed by atoms with E-state index in [-0.39, 0.29) is 13.2 Å². The van der Waals surface area contributed by atoms with Crippen LogP contribution in [0.25, 0.3) is 10.9 Å². The fourth-order valence-electron chi connectivity index (χ4n) is 1.92. The maximum atomic E-state index is 13.8. The zero-order valence-corrected chi connectivity index (χ0v) is 11.2. The second kappa shape index (κ2) is 5.55. The molecule has 0 saturated carbocycles. The highest BCUT2D eigenvalue weighted by atomic mass is 19.2. The van der Waals surface area contributed by atoms with Crippen molar-refractivity contribution in [2.45, 2.75) is 20.4 Å². The molecular weight excluding hydrogens is 289 g/mol. The molecular formula is C13H11F3N2O3. The third-order valence-electron chi connectivity index (χ3n) is 2.84. The molecule has 5 nitrogen and oxygen atoms in total. The summed E-state index contributed by atoms with van der Waals surface area (Å²) >= 11 is 0. The number of carbonyl (C=O) groups excluding carboxylic acids is 1. The molecule has 2 rings (SSSR count). The van der Waals surface area contributed by atoms with Gasteiger partial charge in [-0.15, -0.1) is 0 Å². The first-order valence-electron chi connectivity index (χ1n) is 6.17. The SMILES string of the molecule is CCOC(=O)c1nn(CC)c2c(F)c(F)c(F)cc2c1=O. The van der Waals surface area contributed by atoms with Gasteiger partial charge in [0.25, 0.3) is 0 Å². The zero-order valence-electron chi connectivity index (χ0n) is 11.2. The summed E-state index contributed by atoms with van der Waals surface area (Å²) in [5.41, 5.74) is -2.10. The van der Waals surface area contributed by atoms with E-state index in [0.717, 1.165) is 4.68 Å². The summed E-state index contributed by atoms with van der Waals surface area (Å²) in [7, 11) is 0. The molecule has 0 atom stereocenters. The molecule has 112 valence electrons. The van der Waals surface area contributed by atoms with E-state index in [2.05, 4.69) is 9.84 Å². The van der Waals surface area contributed by atoms with Crippen molar-refractivity contribution in [2.75, 3.05) is 6.61 Å². The van der Waals surface area contributed by atoms with Crippen molar-refractivity contribution in [1.82, 2.24) is 9.78 Å². The fourth-order valence-corrected chi connectivity index (χ4v) is 1.92. The number of carbonyl (C=O) groups is 1. The second-order valence-electron chi connectivity index (χ2n) is 4.10. The molecule has 0 radical (unpaired) electrons. The smallest absolute Gasteiger partial charge is 0.362 e. The van der Waals surface area contributed by atoms with Crippen LogP contribution in [0.5, 0.6) is 0 Å². The number of esters is 1. The molecule has 0 amide bonds. The number of nitrogens with zero attached hydrogens (tertiary/aromatic N) is 2. The van der Waals surface area contributed by atoms with Gasteiger partial charge in [-0.3, -0.25) is 9.48 Å². The van der Waals surface area contributed by atoms with Gasteiger partial charge in [0.1, 0.15) is 5.52 Å². The lowest BCUT2D eigenvalue weighted by molar-refractivity contribution is 0.0515. The quantitative estimate of drug-likeness (QED) is 0.642. The van der Waals surface area contributed by atoms with E-state index in [0.29, 0.717) is 6.07 Å². The number of fused-ring (bicyclic) bond motifs is 1. The monoisotopic (exact) mass is 300 g/mol. The van der Waals surface area contributed by atoms with Gasteiger partial charge in [-0.1, -0.05) is 0 Å². The van der Waals surface area contributed by atoms with Gasteiger partial charge in [0.2, 0.25) is 11.1 Å². The third-order valence-corrected chi connectivity index (χ3v) is 2.84. The zero-order chi connectivity index (χ0) is 15.7. The van der Waals surface area contributed by atoms with E-state index in [1.807, 2.05) is 0 Å². The number of aromatic nitrogens is 2. The van der Waals surface area contributed by atoms with Crippen LogP contribution in [0.4, 0.5) is 13.2 Å². The molecule has 1 aromatic heterocycles. The van der Waals surface area contributed by atoms with Gasteiger partial charge in [0, 0.05) is 6.54 Å². The molecule has 0 aliphatic heterocycles. The summed E-state index contributed by atoms with van der Waals surface area (Å²) in [5, 5.41) is 3.20. The predicted molar refractivity (Wildman–Crippen MR) is 67.5 cm³/mol. The Kier molecular flexibility index (Phi) is 3.97. The Morgan fingerprint density at radius 3 is 2.52 bits per heavy atom. The van der Waals surface area contributed by atoms with E-state index in [9.17, 15) is 22.8 Å². The van der Waals surface area contributed by atoms with Gasteiger partial charge in [-0.2, -0.15) is 5.10 Å². The molecule has 8 heteroatoms. The second-order valence-corrected chi connectivity index (χ2v) is 4.10. The van der Waals surface area contributed by atoms with Crippen molar-refractivity contribution in [3.8, 4) is 0 Å². The molecule has 0 aliphatic carbocycles. The molecule has 21 heavy (non-hydrogen) atoms. The number of benzene rings is 1. The van der Waals surface area contributed by atoms with E-state index >= 15 is 0 Å². The summed E-state index contributed by atoms with van der Waals surface area (Å²) in [6, 6.07) is 0.548. The Labute approximate surface area is 116 Å². The number of halogens is 3.